The molecule has 1 saturated heterocycles. The van der Waals surface area contributed by atoms with E-state index in [0.717, 1.165) is 71.6 Å². The van der Waals surface area contributed by atoms with Gasteiger partial charge in [-0.15, -0.1) is 10.2 Å². The Hall–Kier alpha value is -5.46. The van der Waals surface area contributed by atoms with Crippen molar-refractivity contribution in [2.45, 2.75) is 39.0 Å². The molecular weight excluding hydrogens is 628 g/mol. The van der Waals surface area contributed by atoms with E-state index in [9.17, 15) is 0 Å². The Morgan fingerprint density at radius 1 is 0.520 bits per heavy atom. The fourth-order valence-corrected chi connectivity index (χ4v) is 6.68. The van der Waals surface area contributed by atoms with Crippen molar-refractivity contribution in [3.05, 3.63) is 143 Å². The Labute approximate surface area is 292 Å². The quantitative estimate of drug-likeness (QED) is 0.156. The molecule has 2 unspecified atom stereocenters. The lowest BCUT2D eigenvalue weighted by Gasteiger charge is -2.41. The van der Waals surface area contributed by atoms with Crippen molar-refractivity contribution in [3.8, 4) is 11.5 Å². The molecule has 4 aromatic carbocycles. The number of tetrazole rings is 2. The first-order valence-electron chi connectivity index (χ1n) is 17.2. The third-order valence-electron chi connectivity index (χ3n) is 9.05. The highest BCUT2D eigenvalue weighted by atomic mass is 16.5. The Morgan fingerprint density at radius 2 is 0.900 bits per heavy atom. The fourth-order valence-electron chi connectivity index (χ4n) is 6.68. The second-order valence-corrected chi connectivity index (χ2v) is 12.2. The van der Waals surface area contributed by atoms with Crippen LogP contribution in [0.5, 0.6) is 11.5 Å². The van der Waals surface area contributed by atoms with Crippen LogP contribution < -0.4 is 9.47 Å². The highest BCUT2D eigenvalue weighted by Gasteiger charge is 2.35. The molecule has 0 radical (unpaired) electrons. The molecule has 0 aliphatic carbocycles. The van der Waals surface area contributed by atoms with Crippen molar-refractivity contribution in [3.63, 3.8) is 0 Å². The number of piperazine rings is 1. The average Bonchev–Trinajstić information content (AvgIpc) is 3.81. The molecule has 1 aliphatic heterocycles. The lowest BCUT2D eigenvalue weighted by atomic mass is 10.0. The normalized spacial score (nSPS) is 15.1. The van der Waals surface area contributed by atoms with E-state index in [4.69, 9.17) is 9.47 Å². The standard InChI is InChI=1S/C38H42N10O2/c1-3-49-33-19-15-31(16-20-33)35(37-39-41-43-47(37)27-29-11-7-5-8-12-29)45-23-25-46(26-24-45)36(32-17-21-34(22-18-32)50-4-2)38-40-42-44-48(38)28-30-13-9-6-10-14-30/h5-22,35-36H,3-4,23-28H2,1-2H3. The lowest BCUT2D eigenvalue weighted by Crippen LogP contribution is -2.50. The summed E-state index contributed by atoms with van der Waals surface area (Å²) in [6, 6.07) is 36.9. The van der Waals surface area contributed by atoms with Crippen molar-refractivity contribution in [1.82, 2.24) is 50.2 Å². The molecule has 2 aromatic heterocycles. The van der Waals surface area contributed by atoms with Gasteiger partial charge in [0.1, 0.15) is 11.5 Å². The maximum Gasteiger partial charge on any atom is 0.173 e. The maximum absolute atomic E-state index is 5.77. The van der Waals surface area contributed by atoms with Crippen LogP contribution in [0.15, 0.2) is 109 Å². The molecule has 3 heterocycles. The first kappa shape index (κ1) is 33.1. The van der Waals surface area contributed by atoms with Gasteiger partial charge < -0.3 is 9.47 Å². The molecule has 0 spiro atoms. The van der Waals surface area contributed by atoms with Crippen LogP contribution in [-0.4, -0.2) is 89.6 Å². The van der Waals surface area contributed by atoms with Crippen LogP contribution in [0, 0.1) is 0 Å². The highest BCUT2D eigenvalue weighted by Crippen LogP contribution is 2.34. The van der Waals surface area contributed by atoms with Gasteiger partial charge in [0.15, 0.2) is 11.6 Å². The van der Waals surface area contributed by atoms with Crippen LogP contribution >= 0.6 is 0 Å². The molecule has 1 aliphatic rings. The maximum atomic E-state index is 5.77. The third kappa shape index (κ3) is 7.56. The molecule has 12 nitrogen and oxygen atoms in total. The summed E-state index contributed by atoms with van der Waals surface area (Å²) >= 11 is 0. The van der Waals surface area contributed by atoms with Crippen molar-refractivity contribution in [2.75, 3.05) is 39.4 Å². The van der Waals surface area contributed by atoms with Crippen molar-refractivity contribution in [2.24, 2.45) is 0 Å². The fraction of sp³-hybridized carbons (Fsp3) is 0.316. The van der Waals surface area contributed by atoms with E-state index in [-0.39, 0.29) is 12.1 Å². The zero-order valence-corrected chi connectivity index (χ0v) is 28.5. The smallest absolute Gasteiger partial charge is 0.173 e. The number of nitrogens with zero attached hydrogens (tertiary/aromatic N) is 10. The van der Waals surface area contributed by atoms with Crippen LogP contribution in [0.25, 0.3) is 0 Å². The van der Waals surface area contributed by atoms with Gasteiger partial charge in [-0.05, 0) is 81.2 Å². The van der Waals surface area contributed by atoms with E-state index in [1.165, 1.54) is 0 Å². The topological polar surface area (TPSA) is 112 Å². The van der Waals surface area contributed by atoms with Crippen LogP contribution in [0.1, 0.15) is 59.8 Å². The van der Waals surface area contributed by atoms with Gasteiger partial charge in [0.05, 0.1) is 38.4 Å². The van der Waals surface area contributed by atoms with Gasteiger partial charge >= 0.3 is 0 Å². The Morgan fingerprint density at radius 3 is 1.26 bits per heavy atom. The minimum absolute atomic E-state index is 0.154. The molecule has 1 fully saturated rings. The van der Waals surface area contributed by atoms with Gasteiger partial charge in [-0.25, -0.2) is 9.36 Å². The van der Waals surface area contributed by atoms with Crippen LogP contribution in [0.3, 0.4) is 0 Å². The molecule has 0 N–H and O–H groups in total. The monoisotopic (exact) mass is 670 g/mol. The van der Waals surface area contributed by atoms with E-state index in [1.807, 2.05) is 83.9 Å². The van der Waals surface area contributed by atoms with E-state index in [2.05, 4.69) is 89.4 Å². The highest BCUT2D eigenvalue weighted by molar-refractivity contribution is 5.34. The first-order chi connectivity index (χ1) is 24.7. The van der Waals surface area contributed by atoms with Crippen molar-refractivity contribution in [1.29, 1.82) is 0 Å². The largest absolute Gasteiger partial charge is 0.494 e. The molecule has 12 heteroatoms. The molecule has 6 aromatic rings. The average molecular weight is 671 g/mol. The molecular formula is C38H42N10O2. The number of aromatic nitrogens is 8. The number of rotatable bonds is 14. The Balaban J connectivity index is 1.18. The van der Waals surface area contributed by atoms with Gasteiger partial charge in [-0.2, -0.15) is 0 Å². The Bertz CT molecular complexity index is 1760. The number of ether oxygens (including phenoxy) is 2. The molecule has 256 valence electrons. The lowest BCUT2D eigenvalue weighted by molar-refractivity contribution is 0.0825. The summed E-state index contributed by atoms with van der Waals surface area (Å²) < 4.78 is 15.4. The van der Waals surface area contributed by atoms with E-state index in [0.29, 0.717) is 26.3 Å². The molecule has 0 saturated carbocycles. The van der Waals surface area contributed by atoms with Crippen molar-refractivity contribution < 1.29 is 9.47 Å². The summed E-state index contributed by atoms with van der Waals surface area (Å²) in [5.41, 5.74) is 4.51. The van der Waals surface area contributed by atoms with Gasteiger partial charge in [-0.1, -0.05) is 84.9 Å². The summed E-state index contributed by atoms with van der Waals surface area (Å²) in [6.07, 6.45) is 0. The van der Waals surface area contributed by atoms with Gasteiger partial charge in [0.2, 0.25) is 0 Å². The van der Waals surface area contributed by atoms with Gasteiger partial charge in [0.25, 0.3) is 0 Å². The van der Waals surface area contributed by atoms with Crippen LogP contribution in [-0.2, 0) is 13.1 Å². The molecule has 7 rings (SSSR count). The van der Waals surface area contributed by atoms with Crippen LogP contribution in [0.2, 0.25) is 0 Å². The van der Waals surface area contributed by atoms with E-state index < -0.39 is 0 Å². The zero-order chi connectivity index (χ0) is 34.1. The van der Waals surface area contributed by atoms with E-state index in [1.54, 1.807) is 0 Å². The number of hydrogen-bond donors (Lipinski definition) is 0. The second kappa shape index (κ2) is 15.8. The summed E-state index contributed by atoms with van der Waals surface area (Å²) in [5.74, 6) is 3.30. The van der Waals surface area contributed by atoms with Gasteiger partial charge in [-0.3, -0.25) is 9.80 Å². The zero-order valence-electron chi connectivity index (χ0n) is 28.5. The summed E-state index contributed by atoms with van der Waals surface area (Å²) in [5, 5.41) is 26.4. The van der Waals surface area contributed by atoms with Gasteiger partial charge in [0, 0.05) is 26.2 Å². The summed E-state index contributed by atoms with van der Waals surface area (Å²) in [4.78, 5) is 4.95. The summed E-state index contributed by atoms with van der Waals surface area (Å²) in [6.45, 7) is 9.51. The van der Waals surface area contributed by atoms with E-state index >= 15 is 0 Å². The molecule has 50 heavy (non-hydrogen) atoms. The minimum Gasteiger partial charge on any atom is -0.494 e. The predicted octanol–water partition coefficient (Wildman–Crippen LogP) is 5.05. The SMILES string of the molecule is CCOc1ccc(C(c2nnnn2Cc2ccccc2)N2CCN(C(c3ccc(OCC)cc3)c3nnnn3Cc3ccccc3)CC2)cc1. The predicted molar refractivity (Wildman–Crippen MR) is 189 cm³/mol. The Kier molecular flexibility index (Phi) is 10.5. The molecule has 2 atom stereocenters. The summed E-state index contributed by atoms with van der Waals surface area (Å²) in [7, 11) is 0. The number of hydrogen-bond acceptors (Lipinski definition) is 10. The number of benzene rings is 4. The van der Waals surface area contributed by atoms with Crippen molar-refractivity contribution >= 4 is 0 Å². The molecule has 0 bridgehead atoms. The minimum atomic E-state index is -0.154. The third-order valence-corrected chi connectivity index (χ3v) is 9.05. The molecule has 0 amide bonds. The van der Waals surface area contributed by atoms with Crippen LogP contribution in [0.4, 0.5) is 0 Å². The first-order valence-corrected chi connectivity index (χ1v) is 17.2. The second-order valence-electron chi connectivity index (χ2n) is 12.2.